The Labute approximate surface area is 175 Å². The van der Waals surface area contributed by atoms with E-state index < -0.39 is 18.6 Å². The van der Waals surface area contributed by atoms with Crippen molar-refractivity contribution in [2.24, 2.45) is 11.1 Å². The van der Waals surface area contributed by atoms with Crippen LogP contribution in [-0.2, 0) is 20.6 Å². The van der Waals surface area contributed by atoms with Crippen molar-refractivity contribution in [2.75, 3.05) is 26.3 Å². The summed E-state index contributed by atoms with van der Waals surface area (Å²) in [6.07, 6.45) is 1.53. The third-order valence-corrected chi connectivity index (χ3v) is 5.20. The van der Waals surface area contributed by atoms with Gasteiger partial charge in [0.1, 0.15) is 17.8 Å². The van der Waals surface area contributed by atoms with Crippen LogP contribution in [0.15, 0.2) is 23.1 Å². The molecule has 2 N–H and O–H groups in total. The van der Waals surface area contributed by atoms with Gasteiger partial charge in [-0.2, -0.15) is 0 Å². The highest BCUT2D eigenvalue weighted by Crippen LogP contribution is 2.22. The van der Waals surface area contributed by atoms with Crippen LogP contribution >= 0.6 is 0 Å². The monoisotopic (exact) mass is 414 g/mol. The summed E-state index contributed by atoms with van der Waals surface area (Å²) in [4.78, 5) is 43.5. The number of nitrogens with zero attached hydrogens (tertiary/aromatic N) is 3. The molecule has 0 aromatic carbocycles. The first-order valence-electron chi connectivity index (χ1n) is 10.0. The summed E-state index contributed by atoms with van der Waals surface area (Å²) in [6, 6.07) is 3.13. The van der Waals surface area contributed by atoms with Crippen LogP contribution < -0.4 is 16.8 Å². The summed E-state index contributed by atoms with van der Waals surface area (Å²) in [5.74, 6) is -1.11. The standard InChI is InChI=1S/C20H27BN4O5/c1-5-24(6-2)16(26)10-25-18-13(9-14(17(22)27)19(25)28)15(7-8-23-18)21-29-11-20(3,4)12-30-21/h7-9H,5-6,10-12H2,1-4H3,(H2,22,27). The second-order valence-electron chi connectivity index (χ2n) is 8.14. The van der Waals surface area contributed by atoms with Crippen LogP contribution in [0.1, 0.15) is 38.1 Å². The number of carbonyl (C=O) groups excluding carboxylic acids is 2. The molecular formula is C20H27BN4O5. The maximum Gasteiger partial charge on any atom is 0.494 e. The molecule has 30 heavy (non-hydrogen) atoms. The minimum absolute atomic E-state index is 0.115. The molecule has 0 atom stereocenters. The van der Waals surface area contributed by atoms with Crippen molar-refractivity contribution < 1.29 is 18.9 Å². The number of fused-ring (bicyclic) bond motifs is 1. The Bertz CT molecular complexity index is 1020. The van der Waals surface area contributed by atoms with Gasteiger partial charge in [-0.15, -0.1) is 0 Å². The molecule has 0 saturated carbocycles. The van der Waals surface area contributed by atoms with E-state index >= 15 is 0 Å². The van der Waals surface area contributed by atoms with Gasteiger partial charge in [0.05, 0.1) is 0 Å². The smallest absolute Gasteiger partial charge is 0.407 e. The average Bonchev–Trinajstić information content (AvgIpc) is 2.70. The molecule has 2 aromatic rings. The first-order chi connectivity index (χ1) is 14.2. The van der Waals surface area contributed by atoms with Gasteiger partial charge in [0.25, 0.3) is 11.5 Å². The van der Waals surface area contributed by atoms with E-state index in [0.717, 1.165) is 0 Å². The van der Waals surface area contributed by atoms with Gasteiger partial charge in [-0.25, -0.2) is 4.98 Å². The lowest BCUT2D eigenvalue weighted by atomic mass is 9.74. The van der Waals surface area contributed by atoms with Crippen LogP contribution in [0.25, 0.3) is 11.0 Å². The summed E-state index contributed by atoms with van der Waals surface area (Å²) in [6.45, 7) is 9.55. The quantitative estimate of drug-likeness (QED) is 0.672. The Morgan fingerprint density at radius 1 is 1.27 bits per heavy atom. The fourth-order valence-corrected chi connectivity index (χ4v) is 3.50. The summed E-state index contributed by atoms with van der Waals surface area (Å²) in [7, 11) is -0.673. The fourth-order valence-electron chi connectivity index (χ4n) is 3.50. The molecule has 9 nitrogen and oxygen atoms in total. The molecular weight excluding hydrogens is 387 g/mol. The number of primary amides is 1. The number of likely N-dealkylation sites (N-methyl/N-ethyl adjacent to an activating group) is 1. The van der Waals surface area contributed by atoms with Gasteiger partial charge in [0, 0.05) is 43.3 Å². The molecule has 0 spiro atoms. The van der Waals surface area contributed by atoms with Crippen molar-refractivity contribution in [3.05, 3.63) is 34.2 Å². The SMILES string of the molecule is CCN(CC)C(=O)Cn1c(=O)c(C(N)=O)cc2c(B3OCC(C)(C)CO3)ccnc21. The summed E-state index contributed by atoms with van der Waals surface area (Å²) >= 11 is 0. The Morgan fingerprint density at radius 3 is 2.47 bits per heavy atom. The van der Waals surface area contributed by atoms with Gasteiger partial charge in [-0.1, -0.05) is 13.8 Å². The summed E-state index contributed by atoms with van der Waals surface area (Å²) in [5, 5.41) is 0.489. The van der Waals surface area contributed by atoms with Gasteiger partial charge in [-0.05, 0) is 31.4 Å². The fraction of sp³-hybridized carbons (Fsp3) is 0.500. The number of pyridine rings is 2. The van der Waals surface area contributed by atoms with Gasteiger partial charge in [-0.3, -0.25) is 19.0 Å². The number of carbonyl (C=O) groups is 2. The molecule has 1 aliphatic rings. The average molecular weight is 414 g/mol. The Balaban J connectivity index is 2.14. The molecule has 2 aromatic heterocycles. The van der Waals surface area contributed by atoms with Crippen LogP contribution in [0.4, 0.5) is 0 Å². The van der Waals surface area contributed by atoms with E-state index in [0.29, 0.717) is 37.2 Å². The first-order valence-corrected chi connectivity index (χ1v) is 10.0. The maximum atomic E-state index is 12.9. The van der Waals surface area contributed by atoms with Crippen LogP contribution in [-0.4, -0.2) is 59.7 Å². The molecule has 0 unspecified atom stereocenters. The minimum atomic E-state index is -0.868. The van der Waals surface area contributed by atoms with Gasteiger partial charge in [0.2, 0.25) is 5.91 Å². The number of nitrogens with two attached hydrogens (primary N) is 1. The van der Waals surface area contributed by atoms with E-state index in [1.807, 2.05) is 27.7 Å². The van der Waals surface area contributed by atoms with E-state index in [1.54, 1.807) is 11.0 Å². The molecule has 2 amide bonds. The highest BCUT2D eigenvalue weighted by atomic mass is 16.6. The number of amides is 2. The van der Waals surface area contributed by atoms with Crippen LogP contribution in [0.5, 0.6) is 0 Å². The van der Waals surface area contributed by atoms with E-state index in [1.165, 1.54) is 16.8 Å². The Kier molecular flexibility index (Phi) is 6.28. The van der Waals surface area contributed by atoms with Gasteiger partial charge >= 0.3 is 7.12 Å². The van der Waals surface area contributed by atoms with Crippen molar-refractivity contribution in [3.8, 4) is 0 Å². The molecule has 160 valence electrons. The lowest BCUT2D eigenvalue weighted by Crippen LogP contribution is -2.48. The van der Waals surface area contributed by atoms with Crippen LogP contribution in [0.3, 0.4) is 0 Å². The molecule has 1 aliphatic heterocycles. The van der Waals surface area contributed by atoms with E-state index in [-0.39, 0.29) is 29.1 Å². The van der Waals surface area contributed by atoms with Crippen molar-refractivity contribution in [1.82, 2.24) is 14.5 Å². The minimum Gasteiger partial charge on any atom is -0.407 e. The highest BCUT2D eigenvalue weighted by Gasteiger charge is 2.35. The van der Waals surface area contributed by atoms with Gasteiger partial charge in [0.15, 0.2) is 0 Å². The molecule has 3 heterocycles. The van der Waals surface area contributed by atoms with E-state index in [2.05, 4.69) is 4.98 Å². The van der Waals surface area contributed by atoms with Crippen LogP contribution in [0, 0.1) is 5.41 Å². The van der Waals surface area contributed by atoms with E-state index in [4.69, 9.17) is 15.0 Å². The third-order valence-electron chi connectivity index (χ3n) is 5.20. The zero-order chi connectivity index (χ0) is 22.1. The Hall–Kier alpha value is -2.72. The van der Waals surface area contributed by atoms with Crippen LogP contribution in [0.2, 0.25) is 0 Å². The predicted molar refractivity (Wildman–Crippen MR) is 114 cm³/mol. The van der Waals surface area contributed by atoms with E-state index in [9.17, 15) is 14.4 Å². The summed E-state index contributed by atoms with van der Waals surface area (Å²) in [5.41, 5.74) is 5.39. The third kappa shape index (κ3) is 4.24. The van der Waals surface area contributed by atoms with Crippen molar-refractivity contribution in [3.63, 3.8) is 0 Å². The zero-order valence-corrected chi connectivity index (χ0v) is 17.8. The highest BCUT2D eigenvalue weighted by molar-refractivity contribution is 6.64. The van der Waals surface area contributed by atoms with Gasteiger partial charge < -0.3 is 19.9 Å². The van der Waals surface area contributed by atoms with Crippen molar-refractivity contribution >= 4 is 35.4 Å². The lowest BCUT2D eigenvalue weighted by Gasteiger charge is -2.33. The second kappa shape index (κ2) is 8.57. The molecule has 0 bridgehead atoms. The molecule has 1 saturated heterocycles. The molecule has 0 radical (unpaired) electrons. The lowest BCUT2D eigenvalue weighted by molar-refractivity contribution is -0.131. The molecule has 3 rings (SSSR count). The molecule has 1 fully saturated rings. The topological polar surface area (TPSA) is 117 Å². The normalized spacial score (nSPS) is 15.9. The second-order valence-corrected chi connectivity index (χ2v) is 8.14. The Morgan fingerprint density at radius 2 is 1.90 bits per heavy atom. The van der Waals surface area contributed by atoms with Crippen molar-refractivity contribution in [1.29, 1.82) is 0 Å². The number of aromatic nitrogens is 2. The van der Waals surface area contributed by atoms with Crippen molar-refractivity contribution in [2.45, 2.75) is 34.2 Å². The molecule has 0 aliphatic carbocycles. The maximum absolute atomic E-state index is 12.9. The molecule has 10 heteroatoms. The number of rotatable bonds is 6. The zero-order valence-electron chi connectivity index (χ0n) is 17.8. The number of hydrogen-bond donors (Lipinski definition) is 1. The largest absolute Gasteiger partial charge is 0.494 e. The first kappa shape index (κ1) is 22.0. The summed E-state index contributed by atoms with van der Waals surface area (Å²) < 4.78 is 13.0. The predicted octanol–water partition coefficient (Wildman–Crippen LogP) is 0.132. The number of hydrogen-bond acceptors (Lipinski definition) is 6.